The average Bonchev–Trinajstić information content (AvgIpc) is 2.57. The fraction of sp³-hybridized carbons (Fsp3) is 0.278. The van der Waals surface area contributed by atoms with E-state index in [-0.39, 0.29) is 29.7 Å². The predicted octanol–water partition coefficient (Wildman–Crippen LogP) is 2.73. The molecule has 0 spiro atoms. The van der Waals surface area contributed by atoms with Gasteiger partial charge < -0.3 is 15.7 Å². The van der Waals surface area contributed by atoms with Crippen molar-refractivity contribution in [1.29, 1.82) is 0 Å². The Labute approximate surface area is 175 Å². The lowest BCUT2D eigenvalue weighted by molar-refractivity contribution is 0.431. The molecule has 0 aromatic heterocycles. The van der Waals surface area contributed by atoms with Gasteiger partial charge in [-0.2, -0.15) is 0 Å². The van der Waals surface area contributed by atoms with E-state index in [1.807, 2.05) is 6.07 Å². The molecule has 148 valence electrons. The number of benzene rings is 2. The van der Waals surface area contributed by atoms with Crippen molar-refractivity contribution in [3.63, 3.8) is 0 Å². The number of rotatable bonds is 5. The van der Waals surface area contributed by atoms with E-state index < -0.39 is 15.7 Å². The summed E-state index contributed by atoms with van der Waals surface area (Å²) in [6.45, 7) is 2.55. The minimum Gasteiger partial charge on any atom is -0.505 e. The largest absolute Gasteiger partial charge is 0.505 e. The van der Waals surface area contributed by atoms with Gasteiger partial charge in [0.2, 0.25) is 0 Å². The number of guanidine groups is 1. The summed E-state index contributed by atoms with van der Waals surface area (Å²) < 4.78 is 36.7. The molecule has 0 heterocycles. The van der Waals surface area contributed by atoms with E-state index in [9.17, 15) is 17.9 Å². The summed E-state index contributed by atoms with van der Waals surface area (Å²) in [4.78, 5) is 4.41. The van der Waals surface area contributed by atoms with Crippen LogP contribution in [0.25, 0.3) is 0 Å². The molecule has 27 heavy (non-hydrogen) atoms. The van der Waals surface area contributed by atoms with E-state index in [2.05, 4.69) is 15.6 Å². The second-order valence-corrected chi connectivity index (χ2v) is 7.92. The van der Waals surface area contributed by atoms with Crippen molar-refractivity contribution in [2.45, 2.75) is 24.9 Å². The molecule has 0 aliphatic heterocycles. The number of halogens is 2. The Kier molecular flexibility index (Phi) is 8.48. The van der Waals surface area contributed by atoms with Crippen LogP contribution in [0, 0.1) is 12.7 Å². The molecule has 0 bridgehead atoms. The average molecular weight is 507 g/mol. The molecule has 0 aliphatic rings. The highest BCUT2D eigenvalue weighted by atomic mass is 127. The van der Waals surface area contributed by atoms with Gasteiger partial charge in [-0.15, -0.1) is 24.0 Å². The lowest BCUT2D eigenvalue weighted by Gasteiger charge is -2.13. The molecule has 0 saturated heterocycles. The van der Waals surface area contributed by atoms with Gasteiger partial charge in [0.15, 0.2) is 27.4 Å². The fourth-order valence-corrected chi connectivity index (χ4v) is 3.45. The molecule has 2 aromatic rings. The topological polar surface area (TPSA) is 90.8 Å². The highest BCUT2D eigenvalue weighted by Gasteiger charge is 2.11. The Morgan fingerprint density at radius 3 is 2.15 bits per heavy atom. The van der Waals surface area contributed by atoms with Crippen molar-refractivity contribution >= 4 is 39.8 Å². The smallest absolute Gasteiger partial charge is 0.191 e. The molecule has 9 heteroatoms. The number of nitrogens with zero attached hydrogens (tertiary/aromatic N) is 1. The van der Waals surface area contributed by atoms with Crippen LogP contribution in [-0.2, 0) is 22.9 Å². The number of aromatic hydroxyl groups is 1. The monoisotopic (exact) mass is 507 g/mol. The summed E-state index contributed by atoms with van der Waals surface area (Å²) in [5, 5.41) is 15.4. The van der Waals surface area contributed by atoms with Crippen LogP contribution >= 0.6 is 24.0 Å². The van der Waals surface area contributed by atoms with E-state index in [1.165, 1.54) is 18.4 Å². The second kappa shape index (κ2) is 9.88. The molecule has 0 amide bonds. The lowest BCUT2D eigenvalue weighted by atomic mass is 10.1. The SMILES string of the molecule is CN=C(NCc1ccc(S(C)(=O)=O)c(C)c1)NCc1ccc(O)c(F)c1.I. The Bertz CT molecular complexity index is 933. The van der Waals surface area contributed by atoms with Gasteiger partial charge in [0, 0.05) is 26.4 Å². The Hall–Kier alpha value is -1.88. The maximum absolute atomic E-state index is 13.3. The molecule has 0 unspecified atom stereocenters. The van der Waals surface area contributed by atoms with Gasteiger partial charge in [0.05, 0.1) is 4.90 Å². The number of nitrogens with one attached hydrogen (secondary N) is 2. The summed E-state index contributed by atoms with van der Waals surface area (Å²) in [7, 11) is -1.62. The van der Waals surface area contributed by atoms with Gasteiger partial charge in [-0.1, -0.05) is 18.2 Å². The first kappa shape index (κ1) is 23.2. The zero-order valence-corrected chi connectivity index (χ0v) is 18.4. The molecule has 0 fully saturated rings. The number of phenols is 1. The quantitative estimate of drug-likeness (QED) is 0.329. The molecule has 2 aromatic carbocycles. The van der Waals surface area contributed by atoms with Gasteiger partial charge in [-0.25, -0.2) is 12.8 Å². The van der Waals surface area contributed by atoms with Crippen molar-refractivity contribution in [3.8, 4) is 5.75 Å². The van der Waals surface area contributed by atoms with E-state index in [4.69, 9.17) is 0 Å². The minimum atomic E-state index is -3.24. The Morgan fingerprint density at radius 1 is 1.11 bits per heavy atom. The van der Waals surface area contributed by atoms with Crippen LogP contribution in [0.3, 0.4) is 0 Å². The van der Waals surface area contributed by atoms with E-state index in [0.29, 0.717) is 35.1 Å². The number of aryl methyl sites for hydroxylation is 1. The highest BCUT2D eigenvalue weighted by molar-refractivity contribution is 14.0. The van der Waals surface area contributed by atoms with Crippen molar-refractivity contribution in [2.75, 3.05) is 13.3 Å². The second-order valence-electron chi connectivity index (χ2n) is 5.94. The first-order chi connectivity index (χ1) is 12.2. The van der Waals surface area contributed by atoms with E-state index >= 15 is 0 Å². The Balaban J connectivity index is 0.00000364. The molecule has 0 aliphatic carbocycles. The van der Waals surface area contributed by atoms with Crippen LogP contribution in [0.15, 0.2) is 46.3 Å². The normalized spacial score (nSPS) is 11.6. The Morgan fingerprint density at radius 2 is 1.67 bits per heavy atom. The van der Waals surface area contributed by atoms with Gasteiger partial charge in [0.25, 0.3) is 0 Å². The van der Waals surface area contributed by atoms with E-state index in [1.54, 1.807) is 32.2 Å². The summed E-state index contributed by atoms with van der Waals surface area (Å²) in [5.74, 6) is -0.541. The molecule has 2 rings (SSSR count). The standard InChI is InChI=1S/C18H22FN3O3S.HI/c1-12-8-13(5-7-17(12)26(3,24)25)10-21-18(20-2)22-11-14-4-6-16(23)15(19)9-14;/h4-9,23H,10-11H2,1-3H3,(H2,20,21,22);1H. The molecule has 6 nitrogen and oxygen atoms in total. The van der Waals surface area contributed by atoms with Crippen LogP contribution in [0.1, 0.15) is 16.7 Å². The molecule has 3 N–H and O–H groups in total. The number of aliphatic imine (C=N–C) groups is 1. The van der Waals surface area contributed by atoms with E-state index in [0.717, 1.165) is 5.56 Å². The van der Waals surface area contributed by atoms with Crippen LogP contribution < -0.4 is 10.6 Å². The van der Waals surface area contributed by atoms with Crippen LogP contribution in [0.4, 0.5) is 4.39 Å². The van der Waals surface area contributed by atoms with Crippen molar-refractivity contribution in [1.82, 2.24) is 10.6 Å². The van der Waals surface area contributed by atoms with Gasteiger partial charge in [-0.05, 0) is 41.8 Å². The summed E-state index contributed by atoms with van der Waals surface area (Å²) in [6.07, 6.45) is 1.19. The number of sulfone groups is 1. The highest BCUT2D eigenvalue weighted by Crippen LogP contribution is 2.17. The molecular formula is C18H23FIN3O3S. The van der Waals surface area contributed by atoms with Gasteiger partial charge in [-0.3, -0.25) is 4.99 Å². The summed E-state index contributed by atoms with van der Waals surface area (Å²) >= 11 is 0. The third kappa shape index (κ3) is 6.65. The van der Waals surface area contributed by atoms with Crippen molar-refractivity contribution in [2.24, 2.45) is 4.99 Å². The first-order valence-electron chi connectivity index (χ1n) is 7.92. The third-order valence-corrected chi connectivity index (χ3v) is 5.05. The summed E-state index contributed by atoms with van der Waals surface area (Å²) in [6, 6.07) is 9.33. The third-order valence-electron chi connectivity index (χ3n) is 3.79. The number of hydrogen-bond donors (Lipinski definition) is 3. The number of phenolic OH excluding ortho intramolecular Hbond substituents is 1. The fourth-order valence-electron chi connectivity index (χ4n) is 2.49. The number of hydrogen-bond acceptors (Lipinski definition) is 4. The zero-order valence-electron chi connectivity index (χ0n) is 15.3. The van der Waals surface area contributed by atoms with Crippen LogP contribution in [0.5, 0.6) is 5.75 Å². The van der Waals surface area contributed by atoms with Crippen molar-refractivity contribution < 1.29 is 17.9 Å². The van der Waals surface area contributed by atoms with Gasteiger partial charge >= 0.3 is 0 Å². The van der Waals surface area contributed by atoms with Gasteiger partial charge in [0.1, 0.15) is 0 Å². The minimum absolute atomic E-state index is 0. The maximum Gasteiger partial charge on any atom is 0.191 e. The maximum atomic E-state index is 13.3. The molecule has 0 radical (unpaired) electrons. The summed E-state index contributed by atoms with van der Waals surface area (Å²) in [5.41, 5.74) is 2.26. The van der Waals surface area contributed by atoms with Crippen molar-refractivity contribution in [3.05, 3.63) is 58.9 Å². The first-order valence-corrected chi connectivity index (χ1v) is 9.81. The van der Waals surface area contributed by atoms with Crippen LogP contribution in [0.2, 0.25) is 0 Å². The zero-order chi connectivity index (χ0) is 19.3. The molecular weight excluding hydrogens is 484 g/mol. The lowest BCUT2D eigenvalue weighted by Crippen LogP contribution is -2.36. The predicted molar refractivity (Wildman–Crippen MR) is 115 cm³/mol. The molecule has 0 atom stereocenters. The molecule has 0 saturated carbocycles. The van der Waals surface area contributed by atoms with Crippen LogP contribution in [-0.4, -0.2) is 32.8 Å².